The Kier molecular flexibility index (Phi) is 26.6. The van der Waals surface area contributed by atoms with E-state index in [1.54, 1.807) is 24.3 Å². The number of thioether (sulfide) groups is 2. The first-order chi connectivity index (χ1) is 48.1. The molecule has 0 radical (unpaired) electrons. The van der Waals surface area contributed by atoms with Gasteiger partial charge in [0.15, 0.2) is 0 Å². The summed E-state index contributed by atoms with van der Waals surface area (Å²) in [7, 11) is 0. The summed E-state index contributed by atoms with van der Waals surface area (Å²) in [5, 5.41) is 32.2. The average molecular weight is 1440 g/mol. The van der Waals surface area contributed by atoms with Crippen LogP contribution in [0, 0.1) is 11.6 Å². The van der Waals surface area contributed by atoms with Gasteiger partial charge in [-0.2, -0.15) is 23.5 Å². The zero-order valence-corrected chi connectivity index (χ0v) is 56.6. The van der Waals surface area contributed by atoms with Gasteiger partial charge in [-0.3, -0.25) is 52.7 Å². The topological polar surface area (TPSA) is 420 Å². The Morgan fingerprint density at radius 2 is 1.22 bits per heavy atom. The Hall–Kier alpha value is -9.85. The van der Waals surface area contributed by atoms with Gasteiger partial charge in [0.25, 0.3) is 0 Å². The predicted octanol–water partition coefficient (Wildman–Crippen LogP) is 2.73. The number of nitrogens with zero attached hydrogens (tertiary/aromatic N) is 2. The number of benzene rings is 4. The van der Waals surface area contributed by atoms with Gasteiger partial charge in [-0.05, 0) is 115 Å². The first kappa shape index (κ1) is 74.4. The Morgan fingerprint density at radius 1 is 0.630 bits per heavy atom. The number of hydrogen-bond acceptors (Lipinski definition) is 15. The molecule has 7 aromatic rings. The highest BCUT2D eigenvalue weighted by Gasteiger charge is 2.41. The van der Waals surface area contributed by atoms with Gasteiger partial charge in [-0.25, -0.2) is 13.8 Å². The minimum Gasteiger partial charge on any atom is -0.481 e. The number of carbonyl (C=O) groups is 11. The number of carboxylic acid groups (broad SMARTS) is 1. The van der Waals surface area contributed by atoms with Crippen molar-refractivity contribution < 1.29 is 66.6 Å². The molecule has 0 spiro atoms. The van der Waals surface area contributed by atoms with Crippen molar-refractivity contribution in [3.8, 4) is 0 Å². The number of fused-ring (bicyclic) bond motifs is 5. The van der Waals surface area contributed by atoms with E-state index < -0.39 is 144 Å². The number of primary amides is 1. The van der Waals surface area contributed by atoms with E-state index >= 15 is 14.4 Å². The van der Waals surface area contributed by atoms with E-state index in [2.05, 4.69) is 62.5 Å². The van der Waals surface area contributed by atoms with Crippen LogP contribution in [0.5, 0.6) is 0 Å². The summed E-state index contributed by atoms with van der Waals surface area (Å²) in [5.41, 5.74) is 15.6. The van der Waals surface area contributed by atoms with E-state index in [0.29, 0.717) is 75.6 Å². The molecule has 2 aliphatic rings. The molecular weight excluding hydrogens is 1360 g/mol. The lowest BCUT2D eigenvalue weighted by Crippen LogP contribution is -2.61. The Balaban J connectivity index is 1.05. The minimum atomic E-state index is -2.03. The van der Waals surface area contributed by atoms with Crippen LogP contribution in [0.25, 0.3) is 21.8 Å². The van der Waals surface area contributed by atoms with Gasteiger partial charge < -0.3 is 79.0 Å². The number of carboxylic acids is 1. The summed E-state index contributed by atoms with van der Waals surface area (Å²) < 4.78 is 29.8. The van der Waals surface area contributed by atoms with E-state index in [1.165, 1.54) is 89.7 Å². The number of imidazole rings is 1. The number of nitrogens with one attached hydrogen (secondary N) is 11. The standard InChI is InChI=1S/C68H78ClF2N15O12S2/c69-42-11-9-37(10-12-42)22-55-68(98)86-19-4-8-57(86)67(97)85-56(61(73)91)35-100-34-39-6-3-5-38(21-39)33-99-20-17-58(87)79-50(7-1-2-18-72)62(92)77-32-59(88)80-51(23-40-29-75-48-15-13-43(70)25-46(40)48)63(93)81-52(24-41-30-76-49-16-14-44(71)26-47(41)49)64(94)83-54(28-60(89)90)66(96)82-53(65(95)84-55)27-45-31-74-36-78-45/h3,5-6,9-16,21,25-26,29-31,36,50-57,75-76H,1-2,4,7-8,17-20,22-24,27-28,32-35,72H2,(H2,73,91)(H,74,78)(H,77,92)(H,79,87)(H,80,88)(H,81,93)(H,82,96)(H,83,94)(H,84,95)(H,85,97)(H,89,90)/t50-,51-,52-,53-,54-,55-,56-,57-/m0/s1. The third-order valence-electron chi connectivity index (χ3n) is 17.0. The Bertz CT molecular complexity index is 4110. The van der Waals surface area contributed by atoms with Gasteiger partial charge in [-0.15, -0.1) is 0 Å². The maximum atomic E-state index is 15.0. The zero-order valence-electron chi connectivity index (χ0n) is 54.2. The zero-order chi connectivity index (χ0) is 71.4. The molecule has 1 fully saturated rings. The molecule has 2 aliphatic heterocycles. The van der Waals surface area contributed by atoms with Gasteiger partial charge in [0.2, 0.25) is 59.1 Å². The van der Waals surface area contributed by atoms with Crippen molar-refractivity contribution in [3.63, 3.8) is 0 Å². The summed E-state index contributed by atoms with van der Waals surface area (Å²) >= 11 is 9.05. The molecule has 9 rings (SSSR count). The van der Waals surface area contributed by atoms with Crippen molar-refractivity contribution >= 4 is 122 Å². The predicted molar refractivity (Wildman–Crippen MR) is 370 cm³/mol. The van der Waals surface area contributed by atoms with Crippen molar-refractivity contribution in [1.82, 2.24) is 67.4 Å². The molecule has 3 aromatic heterocycles. The van der Waals surface area contributed by atoms with Crippen molar-refractivity contribution in [2.24, 2.45) is 11.5 Å². The molecule has 0 unspecified atom stereocenters. The number of halogens is 3. The summed E-state index contributed by atoms with van der Waals surface area (Å²) in [6, 6.07) is 9.66. The quantitative estimate of drug-likeness (QED) is 0.0656. The SMILES string of the molecule is NCCCC[C@@H]1NC(=O)CCSCc2cccc(c2)CSC[C@@H](C(N)=O)NC(=O)[C@@H]2CCCN2C(=O)[C@H](Cc2ccc(Cl)cc2)NC(=O)[C@H](Cc2c[nH]cn2)NC(=O)[C@H](CC(=O)O)NC(=O)[C@H](Cc2c[nH]c3ccc(F)cc23)NC(=O)[C@H](Cc2c[nH]c3ccc(F)cc23)NC(=O)CNC1=O. The number of hydrogen-bond donors (Lipinski definition) is 14. The van der Waals surface area contributed by atoms with Crippen LogP contribution in [0.15, 0.2) is 110 Å². The van der Waals surface area contributed by atoms with Crippen molar-refractivity contribution in [1.29, 1.82) is 0 Å². The first-order valence-electron chi connectivity index (χ1n) is 32.4. The molecule has 32 heteroatoms. The fraction of sp³-hybridized carbons (Fsp3) is 0.382. The lowest BCUT2D eigenvalue weighted by atomic mass is 10.0. The minimum absolute atomic E-state index is 0.0140. The number of nitrogens with two attached hydrogens (primary N) is 2. The van der Waals surface area contributed by atoms with Crippen LogP contribution in [0.3, 0.4) is 0 Å². The summed E-state index contributed by atoms with van der Waals surface area (Å²) in [4.78, 5) is 171. The highest BCUT2D eigenvalue weighted by molar-refractivity contribution is 7.98. The Labute approximate surface area is 586 Å². The van der Waals surface area contributed by atoms with Gasteiger partial charge >= 0.3 is 5.97 Å². The van der Waals surface area contributed by atoms with Crippen LogP contribution in [-0.2, 0) is 89.9 Å². The number of aromatic nitrogens is 4. The van der Waals surface area contributed by atoms with Crippen LogP contribution in [0.2, 0.25) is 5.02 Å². The third kappa shape index (κ3) is 21.1. The van der Waals surface area contributed by atoms with Crippen LogP contribution in [-0.4, -0.2) is 174 Å². The van der Waals surface area contributed by atoms with E-state index in [1.807, 2.05) is 24.3 Å². The fourth-order valence-electron chi connectivity index (χ4n) is 11.8. The first-order valence-corrected chi connectivity index (χ1v) is 35.1. The van der Waals surface area contributed by atoms with E-state index in [4.69, 9.17) is 23.1 Å². The van der Waals surface area contributed by atoms with Crippen LogP contribution < -0.4 is 54.0 Å². The number of aromatic amines is 3. The second-order valence-electron chi connectivity index (χ2n) is 24.4. The smallest absolute Gasteiger partial charge is 0.305 e. The highest BCUT2D eigenvalue weighted by Crippen LogP contribution is 2.26. The third-order valence-corrected chi connectivity index (χ3v) is 19.4. The highest BCUT2D eigenvalue weighted by atomic mass is 35.5. The molecule has 10 amide bonds. The molecule has 0 aliphatic carbocycles. The second kappa shape index (κ2) is 35.8. The van der Waals surface area contributed by atoms with Crippen molar-refractivity contribution in [2.75, 3.05) is 31.1 Å². The molecule has 1 saturated heterocycles. The molecule has 0 saturated carbocycles. The molecule has 100 heavy (non-hydrogen) atoms. The van der Waals surface area contributed by atoms with Crippen LogP contribution in [0.4, 0.5) is 8.78 Å². The second-order valence-corrected chi connectivity index (χ2v) is 27.0. The number of aliphatic carboxylic acids is 1. The molecule has 8 atom stereocenters. The molecule has 5 heterocycles. The van der Waals surface area contributed by atoms with E-state index in [9.17, 15) is 52.2 Å². The largest absolute Gasteiger partial charge is 0.481 e. The molecule has 4 aromatic carbocycles. The van der Waals surface area contributed by atoms with Crippen molar-refractivity contribution in [3.05, 3.63) is 160 Å². The fourth-order valence-corrected chi connectivity index (χ4v) is 13.9. The molecule has 2 bridgehead atoms. The number of unbranched alkanes of at least 4 members (excludes halogenated alkanes) is 1. The van der Waals surface area contributed by atoms with Gasteiger partial charge in [-0.1, -0.05) is 48.0 Å². The molecule has 530 valence electrons. The van der Waals surface area contributed by atoms with Crippen LogP contribution >= 0.6 is 35.1 Å². The monoisotopic (exact) mass is 1430 g/mol. The number of amides is 10. The molecular formula is C68H78ClF2N15O12S2. The van der Waals surface area contributed by atoms with Crippen molar-refractivity contribution in [2.45, 2.75) is 130 Å². The summed E-state index contributed by atoms with van der Waals surface area (Å²) in [6.07, 6.45) is 4.72. The average Bonchev–Trinajstić information content (AvgIpc) is 1.64. The number of rotatable bonds is 15. The summed E-state index contributed by atoms with van der Waals surface area (Å²) in [5.74, 6) is -10.4. The summed E-state index contributed by atoms with van der Waals surface area (Å²) in [6.45, 7) is -0.385. The number of carbonyl (C=O) groups excluding carboxylic acids is 10. The molecule has 16 N–H and O–H groups in total. The van der Waals surface area contributed by atoms with Gasteiger partial charge in [0, 0.05) is 107 Å². The molecule has 27 nitrogen and oxygen atoms in total. The normalized spacial score (nSPS) is 22.1. The maximum absolute atomic E-state index is 15.0. The lowest BCUT2D eigenvalue weighted by Gasteiger charge is -2.31. The maximum Gasteiger partial charge on any atom is 0.305 e. The van der Waals surface area contributed by atoms with Gasteiger partial charge in [0.1, 0.15) is 60.0 Å². The number of H-pyrrole nitrogens is 3. The van der Waals surface area contributed by atoms with Gasteiger partial charge in [0.05, 0.1) is 25.0 Å². The Morgan fingerprint density at radius 3 is 1.83 bits per heavy atom. The van der Waals surface area contributed by atoms with Crippen LogP contribution in [0.1, 0.15) is 78.5 Å². The van der Waals surface area contributed by atoms with E-state index in [-0.39, 0.29) is 67.5 Å². The lowest BCUT2D eigenvalue weighted by molar-refractivity contribution is -0.143. The van der Waals surface area contributed by atoms with E-state index in [0.717, 1.165) is 11.1 Å².